The molecule has 0 aromatic rings. The average Bonchev–Trinajstić information content (AvgIpc) is 1.61. The molecule has 9 heavy (non-hydrogen) atoms. The number of nitrogens with zero attached hydrogens (tertiary/aromatic N) is 2. The number of halogens is 1. The molecule has 0 amide bonds. The van der Waals surface area contributed by atoms with Crippen molar-refractivity contribution in [3.05, 3.63) is 0 Å². The van der Waals surface area contributed by atoms with E-state index in [1.54, 1.807) is 0 Å². The van der Waals surface area contributed by atoms with Crippen LogP contribution in [-0.2, 0) is 4.57 Å². The Bertz CT molecular complexity index is 165. The van der Waals surface area contributed by atoms with Crippen molar-refractivity contribution in [3.63, 3.8) is 0 Å². The van der Waals surface area contributed by atoms with Crippen LogP contribution in [0.5, 0.6) is 0 Å². The molecule has 0 aromatic heterocycles. The lowest BCUT2D eigenvalue weighted by molar-refractivity contribution is 0.322. The van der Waals surface area contributed by atoms with Crippen LogP contribution in [0.1, 0.15) is 0 Å². The fraction of sp³-hybridized carbons (Fsp3) is 0. The molecule has 0 fully saturated rings. The second-order valence-corrected chi connectivity index (χ2v) is 1.64. The van der Waals surface area contributed by atoms with Crippen LogP contribution in [-0.4, -0.2) is 9.79 Å². The van der Waals surface area contributed by atoms with Crippen LogP contribution in [0.25, 0.3) is 0 Å². The first-order chi connectivity index (χ1) is 3.91. The molecule has 50 valence electrons. The molecule has 0 heterocycles. The third-order valence-corrected chi connectivity index (χ3v) is 0.0500. The van der Waals surface area contributed by atoms with Gasteiger partial charge in [-0.05, 0) is 0 Å². The fourth-order valence-electron chi connectivity index (χ4n) is 0. The Hall–Kier alpha value is -0.940. The molecule has 5 nitrogen and oxygen atoms in total. The monoisotopic (exact) mass is 152 g/mol. The van der Waals surface area contributed by atoms with E-state index in [4.69, 9.17) is 24.9 Å². The van der Waals surface area contributed by atoms with Gasteiger partial charge >= 0.3 is 7.91 Å². The fourth-order valence-corrected chi connectivity index (χ4v) is 0. The molecular weight excluding hydrogens is 150 g/mol. The summed E-state index contributed by atoms with van der Waals surface area (Å²) < 4.78 is 19.0. The molecule has 0 atom stereocenters. The van der Waals surface area contributed by atoms with Crippen molar-refractivity contribution >= 4 is 7.91 Å². The molecule has 7 heteroatoms. The van der Waals surface area contributed by atoms with Gasteiger partial charge in [-0.2, -0.15) is 10.5 Å². The maximum absolute atomic E-state index is 10.4. The van der Waals surface area contributed by atoms with E-state index in [0.29, 0.717) is 0 Å². The minimum atomic E-state index is -5.14. The topological polar surface area (TPSA) is 105 Å². The standard InChI is InChI=1S/C2N2.FH2O3P/c3-1-2-4;1-5(2,3)4/h;(H2,2,3,4). The quantitative estimate of drug-likeness (QED) is 0.478. The number of rotatable bonds is 0. The van der Waals surface area contributed by atoms with Crippen molar-refractivity contribution in [1.29, 1.82) is 10.5 Å². The second-order valence-electron chi connectivity index (χ2n) is 0.697. The Morgan fingerprint density at radius 3 is 1.44 bits per heavy atom. The summed E-state index contributed by atoms with van der Waals surface area (Å²) in [4.78, 5) is 13.9. The SMILES string of the molecule is N#CC#N.O=P(O)(O)F. The highest BCUT2D eigenvalue weighted by Gasteiger charge is 2.04. The molecule has 0 aromatic carbocycles. The van der Waals surface area contributed by atoms with Gasteiger partial charge in [0.2, 0.25) is 0 Å². The summed E-state index contributed by atoms with van der Waals surface area (Å²) in [5.41, 5.74) is 0. The van der Waals surface area contributed by atoms with Gasteiger partial charge in [0.1, 0.15) is 0 Å². The van der Waals surface area contributed by atoms with E-state index in [-0.39, 0.29) is 0 Å². The van der Waals surface area contributed by atoms with Gasteiger partial charge in [0.05, 0.1) is 0 Å². The van der Waals surface area contributed by atoms with Crippen LogP contribution < -0.4 is 0 Å². The Kier molecular flexibility index (Phi) is 6.32. The molecule has 0 radical (unpaired) electrons. The van der Waals surface area contributed by atoms with E-state index in [9.17, 15) is 4.20 Å². The normalized spacial score (nSPS) is 7.67. The lowest BCUT2D eigenvalue weighted by atomic mass is 10.9. The Morgan fingerprint density at radius 2 is 1.44 bits per heavy atom. The van der Waals surface area contributed by atoms with E-state index < -0.39 is 7.91 Å². The maximum Gasteiger partial charge on any atom is 0.507 e. The minimum Gasteiger partial charge on any atom is -0.299 e. The van der Waals surface area contributed by atoms with Gasteiger partial charge in [-0.3, -0.25) is 9.79 Å². The summed E-state index contributed by atoms with van der Waals surface area (Å²) in [6.07, 6.45) is 0. The van der Waals surface area contributed by atoms with E-state index >= 15 is 0 Å². The average molecular weight is 152 g/mol. The largest absolute Gasteiger partial charge is 0.507 e. The molecule has 2 N–H and O–H groups in total. The van der Waals surface area contributed by atoms with E-state index in [1.807, 2.05) is 0 Å². The van der Waals surface area contributed by atoms with E-state index in [2.05, 4.69) is 0 Å². The van der Waals surface area contributed by atoms with Gasteiger partial charge in [0.15, 0.2) is 12.1 Å². The highest BCUT2D eigenvalue weighted by molar-refractivity contribution is 7.45. The van der Waals surface area contributed by atoms with Gasteiger partial charge in [-0.15, -0.1) is 4.20 Å². The molecule has 0 aliphatic carbocycles. The lowest BCUT2D eigenvalue weighted by Gasteiger charge is -1.77. The molecule has 0 saturated heterocycles. The molecule has 0 saturated carbocycles. The van der Waals surface area contributed by atoms with Crippen molar-refractivity contribution in [1.82, 2.24) is 0 Å². The van der Waals surface area contributed by atoms with Crippen LogP contribution in [0, 0.1) is 22.7 Å². The molecule has 0 bridgehead atoms. The summed E-state index contributed by atoms with van der Waals surface area (Å²) in [5, 5.41) is 14.5. The molecular formula is C2H2FN2O3P. The summed E-state index contributed by atoms with van der Waals surface area (Å²) >= 11 is 0. The Morgan fingerprint density at radius 1 is 1.33 bits per heavy atom. The summed E-state index contributed by atoms with van der Waals surface area (Å²) in [5.74, 6) is 0. The van der Waals surface area contributed by atoms with Crippen LogP contribution in [0.15, 0.2) is 0 Å². The third kappa shape index (κ3) is 50200. The van der Waals surface area contributed by atoms with Crippen LogP contribution >= 0.6 is 7.91 Å². The predicted octanol–water partition coefficient (Wildman–Crippen LogP) is 0.0822. The van der Waals surface area contributed by atoms with Crippen molar-refractivity contribution in [2.24, 2.45) is 0 Å². The predicted molar refractivity (Wildman–Crippen MR) is 24.4 cm³/mol. The van der Waals surface area contributed by atoms with Crippen molar-refractivity contribution in [3.8, 4) is 12.1 Å². The second kappa shape index (κ2) is 5.20. The Balaban J connectivity index is 0. The first kappa shape index (κ1) is 10.9. The Labute approximate surface area is 50.2 Å². The highest BCUT2D eigenvalue weighted by atomic mass is 31.2. The zero-order chi connectivity index (χ0) is 7.91. The number of hydrogen-bond donors (Lipinski definition) is 2. The van der Waals surface area contributed by atoms with Gasteiger partial charge in [0.25, 0.3) is 0 Å². The number of hydrogen-bond acceptors (Lipinski definition) is 3. The van der Waals surface area contributed by atoms with Crippen LogP contribution in [0.2, 0.25) is 0 Å². The maximum atomic E-state index is 10.4. The molecule has 0 unspecified atom stereocenters. The molecule has 0 rings (SSSR count). The van der Waals surface area contributed by atoms with E-state index in [0.717, 1.165) is 0 Å². The first-order valence-electron chi connectivity index (χ1n) is 1.45. The van der Waals surface area contributed by atoms with Crippen molar-refractivity contribution < 1.29 is 18.5 Å². The van der Waals surface area contributed by atoms with Gasteiger partial charge in [-0.1, -0.05) is 0 Å². The molecule has 0 spiro atoms. The smallest absolute Gasteiger partial charge is 0.299 e. The van der Waals surface area contributed by atoms with Crippen LogP contribution in [0.4, 0.5) is 4.20 Å². The first-order valence-corrected chi connectivity index (χ1v) is 2.95. The summed E-state index contributed by atoms with van der Waals surface area (Å²) in [6, 6.07) is 2.47. The summed E-state index contributed by atoms with van der Waals surface area (Å²) in [7, 11) is -5.14. The van der Waals surface area contributed by atoms with Crippen molar-refractivity contribution in [2.75, 3.05) is 0 Å². The lowest BCUT2D eigenvalue weighted by Crippen LogP contribution is -1.56. The zero-order valence-corrected chi connectivity index (χ0v) is 4.92. The summed E-state index contributed by atoms with van der Waals surface area (Å²) in [6.45, 7) is 0. The van der Waals surface area contributed by atoms with Gasteiger partial charge < -0.3 is 0 Å². The highest BCUT2D eigenvalue weighted by Crippen LogP contribution is 2.34. The van der Waals surface area contributed by atoms with Gasteiger partial charge in [0, 0.05) is 0 Å². The third-order valence-electron chi connectivity index (χ3n) is 0.0500. The van der Waals surface area contributed by atoms with Crippen LogP contribution in [0.3, 0.4) is 0 Å². The van der Waals surface area contributed by atoms with Crippen molar-refractivity contribution in [2.45, 2.75) is 0 Å². The molecule has 0 aliphatic heterocycles. The number of nitriles is 2. The minimum absolute atomic E-state index is 1.24. The molecule has 0 aliphatic rings. The van der Waals surface area contributed by atoms with E-state index in [1.165, 1.54) is 12.1 Å². The van der Waals surface area contributed by atoms with Gasteiger partial charge in [-0.25, -0.2) is 4.57 Å². The zero-order valence-electron chi connectivity index (χ0n) is 4.02.